The summed E-state index contributed by atoms with van der Waals surface area (Å²) in [6, 6.07) is 8.50. The molecule has 0 aromatic heterocycles. The molecule has 1 spiro atoms. The molecule has 1 aromatic rings. The van der Waals surface area contributed by atoms with Crippen molar-refractivity contribution in [3.05, 3.63) is 70.8 Å². The number of hydrogen-bond donors (Lipinski definition) is 2. The maximum atomic E-state index is 14.6. The molecule has 5 rings (SSSR count). The summed E-state index contributed by atoms with van der Waals surface area (Å²) in [4.78, 5) is 40.3. The highest BCUT2D eigenvalue weighted by Crippen LogP contribution is 2.71. The highest BCUT2D eigenvalue weighted by Gasteiger charge is 2.76. The van der Waals surface area contributed by atoms with Crippen LogP contribution in [0.15, 0.2) is 65.3 Å². The minimum Gasteiger partial charge on any atom is -0.457 e. The number of aliphatic hydroxyl groups excluding tert-OH is 1. The standard InChI is InChI=1S/C32H38O7/c1-7-17(2)28(35)39-27-18(3)15-31-19(4)13-23-24(30(23,5)6)22(26(31)34)14-21(25(33)32(27,31)37)16-38-29(36)20-11-9-8-10-12-20/h7-12,14-15,19,22-25,27,33,37H,13,16H2,1-6H3/b17-7-/t19-,22+,23-,24+,25-,27+,31+,32+/m1/s1. The molecule has 0 saturated heterocycles. The number of benzene rings is 1. The number of esters is 2. The third kappa shape index (κ3) is 3.80. The van der Waals surface area contributed by atoms with Gasteiger partial charge in [-0.25, -0.2) is 9.59 Å². The number of allylic oxidation sites excluding steroid dienone is 2. The number of rotatable bonds is 5. The third-order valence-electron chi connectivity index (χ3n) is 10.1. The van der Waals surface area contributed by atoms with Crippen LogP contribution in [0.1, 0.15) is 58.3 Å². The Labute approximate surface area is 229 Å². The summed E-state index contributed by atoms with van der Waals surface area (Å²) in [6.45, 7) is 11.0. The number of fused-ring (bicyclic) bond motifs is 3. The van der Waals surface area contributed by atoms with Gasteiger partial charge in [0.1, 0.15) is 12.7 Å². The number of ketones is 1. The van der Waals surface area contributed by atoms with Crippen LogP contribution in [0, 0.1) is 34.5 Å². The molecule has 1 aromatic carbocycles. The van der Waals surface area contributed by atoms with Crippen LogP contribution in [0.25, 0.3) is 0 Å². The first-order valence-electron chi connectivity index (χ1n) is 13.7. The summed E-state index contributed by atoms with van der Waals surface area (Å²) in [5, 5.41) is 24.6. The molecule has 2 fully saturated rings. The quantitative estimate of drug-likeness (QED) is 0.331. The lowest BCUT2D eigenvalue weighted by molar-refractivity contribution is -0.201. The summed E-state index contributed by atoms with van der Waals surface area (Å²) in [6.07, 6.45) is 2.89. The van der Waals surface area contributed by atoms with Crippen molar-refractivity contribution in [2.24, 2.45) is 34.5 Å². The predicted octanol–water partition coefficient (Wildman–Crippen LogP) is 4.20. The SMILES string of the molecule is C/C=C(/C)C(=O)O[C@H]1C(C)=C[C@]23C(=O)[C@@H](C=C(COC(=O)c4ccccc4)[C@@H](O)[C@]12O)[C@H]1[C@@H](C[C@H]3C)C1(C)C. The van der Waals surface area contributed by atoms with Crippen molar-refractivity contribution in [3.63, 3.8) is 0 Å². The Bertz CT molecular complexity index is 1300. The molecule has 7 heteroatoms. The molecular weight excluding hydrogens is 496 g/mol. The predicted molar refractivity (Wildman–Crippen MR) is 144 cm³/mol. The lowest BCUT2D eigenvalue weighted by Gasteiger charge is -2.48. The fourth-order valence-corrected chi connectivity index (χ4v) is 7.71. The van der Waals surface area contributed by atoms with E-state index in [2.05, 4.69) is 13.8 Å². The summed E-state index contributed by atoms with van der Waals surface area (Å²) in [5.74, 6) is -2.02. The zero-order chi connectivity index (χ0) is 28.5. The molecule has 2 saturated carbocycles. The van der Waals surface area contributed by atoms with Crippen LogP contribution in [0.4, 0.5) is 0 Å². The number of Topliss-reactive ketones (excluding diaryl/α,β-unsaturated/α-hetero) is 1. The van der Waals surface area contributed by atoms with E-state index in [1.165, 1.54) is 0 Å². The second kappa shape index (κ2) is 9.27. The first-order valence-corrected chi connectivity index (χ1v) is 13.7. The monoisotopic (exact) mass is 534 g/mol. The number of carbonyl (C=O) groups is 3. The zero-order valence-electron chi connectivity index (χ0n) is 23.4. The minimum absolute atomic E-state index is 0.0294. The largest absolute Gasteiger partial charge is 0.457 e. The van der Waals surface area contributed by atoms with Gasteiger partial charge in [-0.3, -0.25) is 4.79 Å². The van der Waals surface area contributed by atoms with Crippen LogP contribution in [0.5, 0.6) is 0 Å². The van der Waals surface area contributed by atoms with Gasteiger partial charge in [0, 0.05) is 11.5 Å². The van der Waals surface area contributed by atoms with E-state index >= 15 is 0 Å². The van der Waals surface area contributed by atoms with Gasteiger partial charge in [0.25, 0.3) is 0 Å². The smallest absolute Gasteiger partial charge is 0.338 e. The van der Waals surface area contributed by atoms with E-state index in [4.69, 9.17) is 9.47 Å². The van der Waals surface area contributed by atoms with Crippen molar-refractivity contribution in [3.8, 4) is 0 Å². The van der Waals surface area contributed by atoms with Gasteiger partial charge >= 0.3 is 11.9 Å². The van der Waals surface area contributed by atoms with Crippen molar-refractivity contribution in [2.75, 3.05) is 6.61 Å². The Morgan fingerprint density at radius 1 is 1.18 bits per heavy atom. The fourth-order valence-electron chi connectivity index (χ4n) is 7.71. The highest BCUT2D eigenvalue weighted by molar-refractivity contribution is 5.96. The molecular formula is C32H38O7. The molecule has 0 amide bonds. The summed E-state index contributed by atoms with van der Waals surface area (Å²) >= 11 is 0. The van der Waals surface area contributed by atoms with E-state index in [0.717, 1.165) is 0 Å². The Hall–Kier alpha value is -3.03. The number of aliphatic hydroxyl groups is 2. The molecule has 4 aliphatic rings. The zero-order valence-corrected chi connectivity index (χ0v) is 23.4. The fraction of sp³-hybridized carbons (Fsp3) is 0.531. The van der Waals surface area contributed by atoms with Crippen molar-refractivity contribution in [1.82, 2.24) is 0 Å². The van der Waals surface area contributed by atoms with Crippen LogP contribution in [-0.2, 0) is 19.1 Å². The van der Waals surface area contributed by atoms with Crippen LogP contribution >= 0.6 is 0 Å². The van der Waals surface area contributed by atoms with Crippen molar-refractivity contribution < 1.29 is 34.1 Å². The van der Waals surface area contributed by atoms with Gasteiger partial charge in [-0.2, -0.15) is 0 Å². The van der Waals surface area contributed by atoms with Gasteiger partial charge in [-0.15, -0.1) is 0 Å². The molecule has 0 heterocycles. The third-order valence-corrected chi connectivity index (χ3v) is 10.1. The van der Waals surface area contributed by atoms with Gasteiger partial charge in [-0.1, -0.05) is 57.2 Å². The van der Waals surface area contributed by atoms with Crippen molar-refractivity contribution in [2.45, 2.75) is 65.8 Å². The van der Waals surface area contributed by atoms with E-state index in [9.17, 15) is 24.6 Å². The Morgan fingerprint density at radius 2 is 1.85 bits per heavy atom. The average Bonchev–Trinajstić information content (AvgIpc) is 3.41. The maximum Gasteiger partial charge on any atom is 0.338 e. The molecule has 0 aliphatic heterocycles. The van der Waals surface area contributed by atoms with Crippen LogP contribution in [0.3, 0.4) is 0 Å². The molecule has 0 unspecified atom stereocenters. The van der Waals surface area contributed by atoms with Crippen molar-refractivity contribution in [1.29, 1.82) is 0 Å². The number of hydrogen-bond acceptors (Lipinski definition) is 7. The van der Waals surface area contributed by atoms with E-state index < -0.39 is 41.1 Å². The van der Waals surface area contributed by atoms with Crippen LogP contribution in [-0.4, -0.2) is 52.4 Å². The van der Waals surface area contributed by atoms with E-state index in [1.54, 1.807) is 69.3 Å². The van der Waals surface area contributed by atoms with Gasteiger partial charge in [-0.05, 0) is 73.6 Å². The summed E-state index contributed by atoms with van der Waals surface area (Å²) in [5.41, 5.74) is -2.26. The second-order valence-corrected chi connectivity index (χ2v) is 12.4. The summed E-state index contributed by atoms with van der Waals surface area (Å²) < 4.78 is 11.5. The van der Waals surface area contributed by atoms with Crippen LogP contribution < -0.4 is 0 Å². The van der Waals surface area contributed by atoms with E-state index in [-0.39, 0.29) is 41.1 Å². The van der Waals surface area contributed by atoms with E-state index in [1.807, 2.05) is 6.92 Å². The first kappa shape index (κ1) is 27.5. The Balaban J connectivity index is 1.60. The van der Waals surface area contributed by atoms with Gasteiger partial charge in [0.15, 0.2) is 17.5 Å². The van der Waals surface area contributed by atoms with Crippen LogP contribution in [0.2, 0.25) is 0 Å². The molecule has 208 valence electrons. The minimum atomic E-state index is -2.17. The molecule has 39 heavy (non-hydrogen) atoms. The molecule has 0 radical (unpaired) electrons. The van der Waals surface area contributed by atoms with Gasteiger partial charge in [0.05, 0.1) is 11.0 Å². The first-order chi connectivity index (χ1) is 18.3. The second-order valence-electron chi connectivity index (χ2n) is 12.4. The molecule has 7 nitrogen and oxygen atoms in total. The summed E-state index contributed by atoms with van der Waals surface area (Å²) in [7, 11) is 0. The topological polar surface area (TPSA) is 110 Å². The molecule has 2 N–H and O–H groups in total. The van der Waals surface area contributed by atoms with Gasteiger partial charge < -0.3 is 19.7 Å². The Morgan fingerprint density at radius 3 is 2.49 bits per heavy atom. The highest BCUT2D eigenvalue weighted by atomic mass is 16.6. The lowest BCUT2D eigenvalue weighted by atomic mass is 9.59. The molecule has 8 atom stereocenters. The van der Waals surface area contributed by atoms with Crippen molar-refractivity contribution >= 4 is 17.7 Å². The Kier molecular flexibility index (Phi) is 6.55. The number of ether oxygens (including phenoxy) is 2. The van der Waals surface area contributed by atoms with E-state index in [0.29, 0.717) is 23.1 Å². The lowest BCUT2D eigenvalue weighted by Crippen LogP contribution is -2.65. The van der Waals surface area contributed by atoms with Gasteiger partial charge in [0.2, 0.25) is 0 Å². The number of carbonyl (C=O) groups excluding carboxylic acids is 3. The normalized spacial score (nSPS) is 38.4. The maximum absolute atomic E-state index is 14.6. The average molecular weight is 535 g/mol. The molecule has 4 aliphatic carbocycles. The molecule has 2 bridgehead atoms.